The summed E-state index contributed by atoms with van der Waals surface area (Å²) in [4.78, 5) is 16.6. The molecule has 0 saturated heterocycles. The second kappa shape index (κ2) is 7.37. The molecule has 8 nitrogen and oxygen atoms in total. The lowest BCUT2D eigenvalue weighted by molar-refractivity contribution is 0.256. The Morgan fingerprint density at radius 1 is 1.17 bits per heavy atom. The van der Waals surface area contributed by atoms with Crippen LogP contribution in [0.3, 0.4) is 0 Å². The molecular formula is C18H25N5O3S3. The van der Waals surface area contributed by atoms with Gasteiger partial charge in [-0.25, -0.2) is 23.5 Å². The summed E-state index contributed by atoms with van der Waals surface area (Å²) < 4.78 is 37.8. The standard InChI is InChI=1S/C18H25N5O3S3/c1-28(2,25)22-15-10-20-18(27-15)29(19,26)23-17(24)21-16-13-7-3-5-11(13)9-12-6-4-8-14(12)16/h9-10,28H,3-8H2,1-2H3,(H,22,25)(H3,19,21,23,24,26)/t29-/m1/s1. The molecule has 2 amide bonds. The van der Waals surface area contributed by atoms with Crippen molar-refractivity contribution in [3.63, 3.8) is 0 Å². The minimum absolute atomic E-state index is 0.0351. The molecule has 0 unspecified atom stereocenters. The number of amides is 2. The van der Waals surface area contributed by atoms with Crippen molar-refractivity contribution < 1.29 is 13.2 Å². The Morgan fingerprint density at radius 2 is 1.79 bits per heavy atom. The maximum absolute atomic E-state index is 12.8. The van der Waals surface area contributed by atoms with Crippen LogP contribution in [0.5, 0.6) is 0 Å². The number of carbonyl (C=O) groups excluding carboxylic acids is 1. The van der Waals surface area contributed by atoms with Gasteiger partial charge in [-0.3, -0.25) is 4.21 Å². The number of anilines is 2. The van der Waals surface area contributed by atoms with E-state index >= 15 is 0 Å². The van der Waals surface area contributed by atoms with Crippen LogP contribution >= 0.6 is 11.3 Å². The number of nitrogens with zero attached hydrogens (tertiary/aromatic N) is 1. The van der Waals surface area contributed by atoms with Gasteiger partial charge in [-0.1, -0.05) is 17.4 Å². The Morgan fingerprint density at radius 3 is 2.38 bits per heavy atom. The third-order valence-corrected chi connectivity index (χ3v) is 8.72. The highest BCUT2D eigenvalue weighted by molar-refractivity contribution is 8.03. The first-order valence-electron chi connectivity index (χ1n) is 9.45. The molecule has 1 aromatic carbocycles. The maximum Gasteiger partial charge on any atom is 0.332 e. The van der Waals surface area contributed by atoms with Gasteiger partial charge in [0.05, 0.1) is 6.20 Å². The van der Waals surface area contributed by atoms with Gasteiger partial charge in [0.1, 0.15) is 5.00 Å². The van der Waals surface area contributed by atoms with E-state index in [0.717, 1.165) is 55.5 Å². The van der Waals surface area contributed by atoms with Crippen molar-refractivity contribution in [3.05, 3.63) is 34.5 Å². The van der Waals surface area contributed by atoms with E-state index in [2.05, 4.69) is 25.8 Å². The normalized spacial score (nSPS) is 17.9. The van der Waals surface area contributed by atoms with E-state index in [0.29, 0.717) is 5.00 Å². The molecule has 0 spiro atoms. The van der Waals surface area contributed by atoms with E-state index in [-0.39, 0.29) is 4.34 Å². The van der Waals surface area contributed by atoms with E-state index in [4.69, 9.17) is 4.78 Å². The number of aromatic nitrogens is 1. The Labute approximate surface area is 175 Å². The van der Waals surface area contributed by atoms with E-state index < -0.39 is 26.1 Å². The SMILES string of the molecule is C[SH](C)(=O)Nc1cnc([S@](=N)(=O)NC(=O)Nc2c3c(cc4c2CCC4)CCC3)s1. The van der Waals surface area contributed by atoms with Crippen molar-refractivity contribution in [2.24, 2.45) is 0 Å². The fraction of sp³-hybridized carbons (Fsp3) is 0.444. The van der Waals surface area contributed by atoms with Crippen LogP contribution in [-0.2, 0) is 45.7 Å². The third-order valence-electron chi connectivity index (χ3n) is 5.06. The zero-order valence-corrected chi connectivity index (χ0v) is 18.9. The first-order valence-corrected chi connectivity index (χ1v) is 14.4. The van der Waals surface area contributed by atoms with E-state index in [9.17, 15) is 13.2 Å². The van der Waals surface area contributed by atoms with Crippen LogP contribution in [-0.4, -0.2) is 31.9 Å². The minimum atomic E-state index is -3.63. The lowest BCUT2D eigenvalue weighted by atomic mass is 9.99. The predicted molar refractivity (Wildman–Crippen MR) is 119 cm³/mol. The zero-order chi connectivity index (χ0) is 20.8. The van der Waals surface area contributed by atoms with Gasteiger partial charge in [0.25, 0.3) is 0 Å². The number of benzene rings is 1. The van der Waals surface area contributed by atoms with Gasteiger partial charge in [0.15, 0.2) is 9.92 Å². The molecule has 158 valence electrons. The highest BCUT2D eigenvalue weighted by atomic mass is 32.3. The van der Waals surface area contributed by atoms with Gasteiger partial charge >= 0.3 is 6.03 Å². The Hall–Kier alpha value is -1.98. The molecule has 0 saturated carbocycles. The summed E-state index contributed by atoms with van der Waals surface area (Å²) in [5.74, 6) is 0. The second-order valence-electron chi connectivity index (χ2n) is 7.80. The smallest absolute Gasteiger partial charge is 0.317 e. The summed E-state index contributed by atoms with van der Waals surface area (Å²) in [6, 6.07) is 1.60. The summed E-state index contributed by atoms with van der Waals surface area (Å²) >= 11 is 0.955. The van der Waals surface area contributed by atoms with Gasteiger partial charge < -0.3 is 10.0 Å². The Bertz CT molecular complexity index is 1100. The molecule has 0 aliphatic heterocycles. The first kappa shape index (κ1) is 20.3. The number of rotatable bonds is 5. The van der Waals surface area contributed by atoms with E-state index in [1.807, 2.05) is 0 Å². The summed E-state index contributed by atoms with van der Waals surface area (Å²) in [5.41, 5.74) is 5.73. The number of fused-ring (bicyclic) bond motifs is 2. The molecule has 1 heterocycles. The molecule has 1 aromatic heterocycles. The Balaban J connectivity index is 1.53. The molecular weight excluding hydrogens is 430 g/mol. The maximum atomic E-state index is 12.8. The highest BCUT2D eigenvalue weighted by Gasteiger charge is 2.26. The average Bonchev–Trinajstić information content (AvgIpc) is 3.31. The van der Waals surface area contributed by atoms with Crippen LogP contribution in [0.2, 0.25) is 0 Å². The third kappa shape index (κ3) is 4.31. The lowest BCUT2D eigenvalue weighted by Gasteiger charge is -2.17. The van der Waals surface area contributed by atoms with Gasteiger partial charge in [0.2, 0.25) is 4.34 Å². The lowest BCUT2D eigenvalue weighted by Crippen LogP contribution is -2.34. The van der Waals surface area contributed by atoms with Crippen molar-refractivity contribution in [3.8, 4) is 0 Å². The zero-order valence-electron chi connectivity index (χ0n) is 16.3. The van der Waals surface area contributed by atoms with Crippen molar-refractivity contribution in [1.29, 1.82) is 4.78 Å². The van der Waals surface area contributed by atoms with E-state index in [1.165, 1.54) is 28.5 Å². The quantitative estimate of drug-likeness (QED) is 0.445. The number of nitrogens with one attached hydrogen (secondary N) is 4. The summed E-state index contributed by atoms with van der Waals surface area (Å²) in [7, 11) is -6.18. The highest BCUT2D eigenvalue weighted by Crippen LogP contribution is 2.38. The molecule has 29 heavy (non-hydrogen) atoms. The van der Waals surface area contributed by atoms with Gasteiger partial charge in [0, 0.05) is 18.2 Å². The number of aryl methyl sites for hydroxylation is 2. The second-order valence-corrected chi connectivity index (χ2v) is 13.7. The van der Waals surface area contributed by atoms with Crippen LogP contribution < -0.4 is 14.8 Å². The molecule has 0 bridgehead atoms. The van der Waals surface area contributed by atoms with Crippen molar-refractivity contribution in [2.45, 2.75) is 42.9 Å². The minimum Gasteiger partial charge on any atom is -0.317 e. The molecule has 4 N–H and O–H groups in total. The molecule has 1 atom stereocenters. The number of hydrogen-bond acceptors (Lipinski definition) is 6. The van der Waals surface area contributed by atoms with Crippen LogP contribution in [0.1, 0.15) is 35.1 Å². The molecule has 11 heteroatoms. The van der Waals surface area contributed by atoms with Gasteiger partial charge in [-0.15, -0.1) is 0 Å². The van der Waals surface area contributed by atoms with Crippen LogP contribution in [0, 0.1) is 4.78 Å². The summed E-state index contributed by atoms with van der Waals surface area (Å²) in [6.45, 7) is 0. The number of hydrogen-bond donors (Lipinski definition) is 5. The monoisotopic (exact) mass is 455 g/mol. The van der Waals surface area contributed by atoms with Crippen molar-refractivity contribution >= 4 is 48.1 Å². The van der Waals surface area contributed by atoms with Crippen LogP contribution in [0.25, 0.3) is 0 Å². The van der Waals surface area contributed by atoms with Gasteiger partial charge in [-0.2, -0.15) is 0 Å². The number of thiazole rings is 1. The number of urea groups is 1. The summed E-state index contributed by atoms with van der Waals surface area (Å²) in [6.07, 6.45) is 10.5. The van der Waals surface area contributed by atoms with Crippen LogP contribution in [0.4, 0.5) is 15.5 Å². The topological polar surface area (TPSA) is 124 Å². The molecule has 0 fully saturated rings. The first-order chi connectivity index (χ1) is 13.6. The summed E-state index contributed by atoms with van der Waals surface area (Å²) in [5, 5.41) is 3.33. The molecule has 0 radical (unpaired) electrons. The fourth-order valence-corrected chi connectivity index (χ4v) is 7.28. The average molecular weight is 456 g/mol. The molecule has 2 aliphatic rings. The molecule has 2 aliphatic carbocycles. The van der Waals surface area contributed by atoms with Crippen molar-refractivity contribution in [1.82, 2.24) is 9.71 Å². The molecule has 4 rings (SSSR count). The van der Waals surface area contributed by atoms with Crippen molar-refractivity contribution in [2.75, 3.05) is 22.6 Å². The Kier molecular flexibility index (Phi) is 5.16. The van der Waals surface area contributed by atoms with E-state index in [1.54, 1.807) is 12.5 Å². The van der Waals surface area contributed by atoms with Gasteiger partial charge in [-0.05, 0) is 70.9 Å². The van der Waals surface area contributed by atoms with Crippen LogP contribution in [0.15, 0.2) is 16.6 Å². The fourth-order valence-electron chi connectivity index (χ4n) is 3.99. The largest absolute Gasteiger partial charge is 0.332 e. The molecule has 2 aromatic rings. The number of thiol groups is 1. The number of carbonyl (C=O) groups is 1. The predicted octanol–water partition coefficient (Wildman–Crippen LogP) is 2.87.